The van der Waals surface area contributed by atoms with Crippen molar-refractivity contribution < 1.29 is 14.6 Å². The topological polar surface area (TPSA) is 65.0 Å². The number of benzene rings is 2. The van der Waals surface area contributed by atoms with Crippen LogP contribution in [0, 0.1) is 0 Å². The largest absolute Gasteiger partial charge is 0.490 e. The Bertz CT molecular complexity index is 791. The summed E-state index contributed by atoms with van der Waals surface area (Å²) in [5, 5.41) is 13.0. The molecule has 2 aliphatic heterocycles. The maximum Gasteiger partial charge on any atom is 0.407 e. The lowest BCUT2D eigenvalue weighted by Gasteiger charge is -2.41. The van der Waals surface area contributed by atoms with E-state index >= 15 is 0 Å². The van der Waals surface area contributed by atoms with Crippen molar-refractivity contribution in [3.8, 4) is 5.75 Å². The zero-order chi connectivity index (χ0) is 20.1. The normalized spacial score (nSPS) is 20.5. The number of piperidine rings is 1. The average Bonchev–Trinajstić information content (AvgIpc) is 2.75. The monoisotopic (exact) mass is 395 g/mol. The number of nitrogens with zero attached hydrogens (tertiary/aromatic N) is 2. The molecule has 0 aliphatic carbocycles. The molecule has 0 aromatic heterocycles. The van der Waals surface area contributed by atoms with Gasteiger partial charge in [0.1, 0.15) is 11.9 Å². The highest BCUT2D eigenvalue weighted by Crippen LogP contribution is 2.25. The maximum absolute atomic E-state index is 11.7. The van der Waals surface area contributed by atoms with E-state index < -0.39 is 6.09 Å². The molecule has 0 saturated carbocycles. The van der Waals surface area contributed by atoms with Crippen LogP contribution in [0.1, 0.15) is 18.4 Å². The molecule has 2 N–H and O–H groups in total. The summed E-state index contributed by atoms with van der Waals surface area (Å²) in [6, 6.07) is 18.3. The van der Waals surface area contributed by atoms with Gasteiger partial charge < -0.3 is 25.0 Å². The summed E-state index contributed by atoms with van der Waals surface area (Å²) in [6.45, 7) is 3.93. The fourth-order valence-corrected chi connectivity index (χ4v) is 4.24. The number of hydrogen-bond donors (Lipinski definition) is 2. The van der Waals surface area contributed by atoms with Gasteiger partial charge in [-0.1, -0.05) is 30.3 Å². The highest BCUT2D eigenvalue weighted by Gasteiger charge is 2.30. The number of piperazine rings is 1. The number of hydrogen-bond acceptors (Lipinski definition) is 4. The molecule has 6 nitrogen and oxygen atoms in total. The van der Waals surface area contributed by atoms with Gasteiger partial charge in [0, 0.05) is 25.3 Å². The minimum Gasteiger partial charge on any atom is -0.490 e. The Balaban J connectivity index is 1.42. The van der Waals surface area contributed by atoms with E-state index in [-0.39, 0.29) is 12.1 Å². The molecule has 2 aromatic carbocycles. The summed E-state index contributed by atoms with van der Waals surface area (Å²) in [7, 11) is 0. The lowest BCUT2D eigenvalue weighted by molar-refractivity contribution is 0.118. The minimum atomic E-state index is -0.837. The van der Waals surface area contributed by atoms with Gasteiger partial charge in [0.15, 0.2) is 0 Å². The zero-order valence-corrected chi connectivity index (χ0v) is 16.7. The first kappa shape index (κ1) is 19.6. The molecule has 1 atom stereocenters. The summed E-state index contributed by atoms with van der Waals surface area (Å²) in [6.07, 6.45) is 2.26. The van der Waals surface area contributed by atoms with Crippen LogP contribution in [0.4, 0.5) is 10.5 Å². The standard InChI is InChI=1S/C23H29N3O3/c27-23(28)26-15-14-25(17-20(26)16-18-4-2-1-3-5-18)19-6-8-21(9-7-19)29-22-10-12-24-13-11-22/h1-9,20,22,24H,10-17H2,(H,27,28). The third-order valence-corrected chi connectivity index (χ3v) is 5.83. The third-order valence-electron chi connectivity index (χ3n) is 5.83. The van der Waals surface area contributed by atoms with Crippen LogP contribution in [-0.2, 0) is 6.42 Å². The summed E-state index contributed by atoms with van der Waals surface area (Å²) < 4.78 is 6.10. The van der Waals surface area contributed by atoms with Crippen LogP contribution in [0.5, 0.6) is 5.75 Å². The molecule has 6 heteroatoms. The second-order valence-electron chi connectivity index (χ2n) is 7.83. The van der Waals surface area contributed by atoms with Gasteiger partial charge in [-0.25, -0.2) is 4.79 Å². The van der Waals surface area contributed by atoms with Gasteiger partial charge >= 0.3 is 6.09 Å². The van der Waals surface area contributed by atoms with Crippen molar-refractivity contribution in [3.63, 3.8) is 0 Å². The van der Waals surface area contributed by atoms with E-state index in [4.69, 9.17) is 4.74 Å². The summed E-state index contributed by atoms with van der Waals surface area (Å²) in [4.78, 5) is 15.6. The number of carboxylic acid groups (broad SMARTS) is 1. The zero-order valence-electron chi connectivity index (χ0n) is 16.7. The Hall–Kier alpha value is -2.73. The number of anilines is 1. The Morgan fingerprint density at radius 1 is 1.03 bits per heavy atom. The smallest absolute Gasteiger partial charge is 0.407 e. The van der Waals surface area contributed by atoms with Crippen LogP contribution >= 0.6 is 0 Å². The van der Waals surface area contributed by atoms with Crippen molar-refractivity contribution in [3.05, 3.63) is 60.2 Å². The quantitative estimate of drug-likeness (QED) is 0.814. The highest BCUT2D eigenvalue weighted by molar-refractivity contribution is 5.66. The summed E-state index contributed by atoms with van der Waals surface area (Å²) in [5.41, 5.74) is 2.28. The van der Waals surface area contributed by atoms with Crippen molar-refractivity contribution in [2.45, 2.75) is 31.4 Å². The molecule has 1 unspecified atom stereocenters. The van der Waals surface area contributed by atoms with Crippen LogP contribution in [0.3, 0.4) is 0 Å². The van der Waals surface area contributed by atoms with Gasteiger partial charge in [-0.2, -0.15) is 0 Å². The van der Waals surface area contributed by atoms with Gasteiger partial charge in [0.05, 0.1) is 6.04 Å². The van der Waals surface area contributed by atoms with Gasteiger partial charge in [0.2, 0.25) is 0 Å². The van der Waals surface area contributed by atoms with Crippen LogP contribution in [-0.4, -0.2) is 61.0 Å². The van der Waals surface area contributed by atoms with Crippen LogP contribution in [0.2, 0.25) is 0 Å². The Morgan fingerprint density at radius 2 is 1.76 bits per heavy atom. The number of rotatable bonds is 5. The molecule has 2 heterocycles. The predicted molar refractivity (Wildman–Crippen MR) is 114 cm³/mol. The predicted octanol–water partition coefficient (Wildman–Crippen LogP) is 3.23. The van der Waals surface area contributed by atoms with E-state index in [9.17, 15) is 9.90 Å². The Morgan fingerprint density at radius 3 is 2.45 bits per heavy atom. The molecule has 0 spiro atoms. The molecule has 2 fully saturated rings. The number of carbonyl (C=O) groups is 1. The van der Waals surface area contributed by atoms with Gasteiger partial charge in [-0.05, 0) is 62.2 Å². The molecule has 0 radical (unpaired) electrons. The van der Waals surface area contributed by atoms with Crippen molar-refractivity contribution in [2.24, 2.45) is 0 Å². The van der Waals surface area contributed by atoms with E-state index in [1.807, 2.05) is 30.3 Å². The van der Waals surface area contributed by atoms with Crippen molar-refractivity contribution in [1.82, 2.24) is 10.2 Å². The average molecular weight is 396 g/mol. The number of ether oxygens (including phenoxy) is 1. The lowest BCUT2D eigenvalue weighted by Crippen LogP contribution is -2.55. The first-order valence-electron chi connectivity index (χ1n) is 10.4. The molecule has 2 saturated heterocycles. The fourth-order valence-electron chi connectivity index (χ4n) is 4.24. The highest BCUT2D eigenvalue weighted by atomic mass is 16.5. The Kier molecular flexibility index (Phi) is 6.20. The SMILES string of the molecule is O=C(O)N1CCN(c2ccc(OC3CCNCC3)cc2)CC1Cc1ccccc1. The second kappa shape index (κ2) is 9.18. The fraction of sp³-hybridized carbons (Fsp3) is 0.435. The molecule has 0 bridgehead atoms. The number of nitrogens with one attached hydrogen (secondary N) is 1. The first-order valence-corrected chi connectivity index (χ1v) is 10.4. The van der Waals surface area contributed by atoms with E-state index in [2.05, 4.69) is 34.5 Å². The van der Waals surface area contributed by atoms with Gasteiger partial charge in [0.25, 0.3) is 0 Å². The van der Waals surface area contributed by atoms with Crippen LogP contribution < -0.4 is 15.0 Å². The molecule has 1 amide bonds. The van der Waals surface area contributed by atoms with E-state index in [0.717, 1.165) is 49.4 Å². The Labute approximate surface area is 172 Å². The maximum atomic E-state index is 11.7. The van der Waals surface area contributed by atoms with E-state index in [0.29, 0.717) is 19.6 Å². The molecule has 2 aliphatic rings. The van der Waals surface area contributed by atoms with Crippen LogP contribution in [0.25, 0.3) is 0 Å². The molecule has 154 valence electrons. The molecule has 29 heavy (non-hydrogen) atoms. The van der Waals surface area contributed by atoms with Gasteiger partial charge in [-0.3, -0.25) is 0 Å². The second-order valence-corrected chi connectivity index (χ2v) is 7.83. The lowest BCUT2D eigenvalue weighted by atomic mass is 10.0. The number of amides is 1. The third kappa shape index (κ3) is 5.01. The van der Waals surface area contributed by atoms with Crippen molar-refractivity contribution in [1.29, 1.82) is 0 Å². The molecule has 4 rings (SSSR count). The molecular weight excluding hydrogens is 366 g/mol. The molecule has 2 aromatic rings. The van der Waals surface area contributed by atoms with Crippen molar-refractivity contribution >= 4 is 11.8 Å². The minimum absolute atomic E-state index is 0.0608. The van der Waals surface area contributed by atoms with Crippen molar-refractivity contribution in [2.75, 3.05) is 37.6 Å². The van der Waals surface area contributed by atoms with Gasteiger partial charge in [-0.15, -0.1) is 0 Å². The summed E-state index contributed by atoms with van der Waals surface area (Å²) >= 11 is 0. The van der Waals surface area contributed by atoms with Crippen LogP contribution in [0.15, 0.2) is 54.6 Å². The molecular formula is C23H29N3O3. The first-order chi connectivity index (χ1) is 14.2. The van der Waals surface area contributed by atoms with E-state index in [1.54, 1.807) is 4.90 Å². The summed E-state index contributed by atoms with van der Waals surface area (Å²) in [5.74, 6) is 0.908. The van der Waals surface area contributed by atoms with E-state index in [1.165, 1.54) is 0 Å².